The molecule has 1 saturated heterocycles. The van der Waals surface area contributed by atoms with Crippen molar-refractivity contribution in [3.63, 3.8) is 0 Å². The summed E-state index contributed by atoms with van der Waals surface area (Å²) in [5, 5.41) is 0. The first-order valence-corrected chi connectivity index (χ1v) is 14.3. The highest BCUT2D eigenvalue weighted by Gasteiger charge is 2.34. The molecule has 2 fully saturated rings. The highest BCUT2D eigenvalue weighted by Crippen LogP contribution is 2.38. The molecule has 0 spiro atoms. The largest absolute Gasteiger partial charge is 0.484 e. The molecule has 0 aromatic heterocycles. The van der Waals surface area contributed by atoms with E-state index in [2.05, 4.69) is 47.1 Å². The Labute approximate surface area is 217 Å². The molecule has 0 bridgehead atoms. The van der Waals surface area contributed by atoms with Gasteiger partial charge in [0.05, 0.1) is 6.10 Å². The standard InChI is InChI=1S/C31H44N2O3/c1-2-23-34-31(26-13-7-4-8-14-26)27(25-11-5-3-6-12-25)17-18-32-19-21-33(22-20-32)30-24-35-28-15-9-10-16-29(28)36-30/h3,5-6,9-12,15-16,26-27,30-31H,2,4,7-8,13-14,17-24H2,1H3. The molecule has 0 radical (unpaired) electrons. The molecule has 2 aliphatic heterocycles. The Morgan fingerprint density at radius 1 is 0.889 bits per heavy atom. The third kappa shape index (κ3) is 6.42. The van der Waals surface area contributed by atoms with Crippen molar-refractivity contribution in [1.82, 2.24) is 9.80 Å². The number of para-hydroxylation sites is 2. The van der Waals surface area contributed by atoms with E-state index in [1.54, 1.807) is 0 Å². The van der Waals surface area contributed by atoms with Gasteiger partial charge in [-0.2, -0.15) is 0 Å². The second-order valence-electron chi connectivity index (χ2n) is 10.7. The lowest BCUT2D eigenvalue weighted by atomic mass is 9.76. The van der Waals surface area contributed by atoms with Crippen LogP contribution < -0.4 is 9.47 Å². The van der Waals surface area contributed by atoms with Gasteiger partial charge in [0.2, 0.25) is 0 Å². The lowest BCUT2D eigenvalue weighted by Gasteiger charge is -2.41. The van der Waals surface area contributed by atoms with Gasteiger partial charge < -0.3 is 19.1 Å². The smallest absolute Gasteiger partial charge is 0.187 e. The van der Waals surface area contributed by atoms with Crippen molar-refractivity contribution >= 4 is 0 Å². The van der Waals surface area contributed by atoms with E-state index in [1.165, 1.54) is 37.7 Å². The molecule has 5 nitrogen and oxygen atoms in total. The van der Waals surface area contributed by atoms with Crippen molar-refractivity contribution in [3.8, 4) is 11.5 Å². The molecule has 5 rings (SSSR count). The van der Waals surface area contributed by atoms with E-state index in [1.807, 2.05) is 24.3 Å². The molecular formula is C31H44N2O3. The van der Waals surface area contributed by atoms with E-state index in [9.17, 15) is 0 Å². The highest BCUT2D eigenvalue weighted by atomic mass is 16.6. The van der Waals surface area contributed by atoms with Crippen LogP contribution in [0.15, 0.2) is 54.6 Å². The molecule has 3 aliphatic rings. The maximum absolute atomic E-state index is 6.66. The molecule has 2 heterocycles. The Balaban J connectivity index is 1.19. The van der Waals surface area contributed by atoms with Gasteiger partial charge in [-0.1, -0.05) is 68.7 Å². The number of fused-ring (bicyclic) bond motifs is 1. The van der Waals surface area contributed by atoms with Crippen molar-refractivity contribution < 1.29 is 14.2 Å². The predicted molar refractivity (Wildman–Crippen MR) is 145 cm³/mol. The highest BCUT2D eigenvalue weighted by molar-refractivity contribution is 5.40. The zero-order chi connectivity index (χ0) is 24.6. The zero-order valence-corrected chi connectivity index (χ0v) is 22.0. The van der Waals surface area contributed by atoms with Crippen LogP contribution in [-0.2, 0) is 4.74 Å². The summed E-state index contributed by atoms with van der Waals surface area (Å²) in [5.74, 6) is 2.88. The topological polar surface area (TPSA) is 34.2 Å². The number of benzene rings is 2. The lowest BCUT2D eigenvalue weighted by molar-refractivity contribution is -0.0513. The number of hydrogen-bond acceptors (Lipinski definition) is 5. The lowest BCUT2D eigenvalue weighted by Crippen LogP contribution is -2.54. The van der Waals surface area contributed by atoms with Crippen LogP contribution in [0.5, 0.6) is 11.5 Å². The van der Waals surface area contributed by atoms with Gasteiger partial charge in [-0.25, -0.2) is 0 Å². The van der Waals surface area contributed by atoms with Crippen molar-refractivity contribution in [3.05, 3.63) is 60.2 Å². The Kier molecular flexibility index (Phi) is 9.19. The quantitative estimate of drug-likeness (QED) is 0.409. The van der Waals surface area contributed by atoms with Crippen molar-refractivity contribution in [2.75, 3.05) is 45.9 Å². The first-order valence-electron chi connectivity index (χ1n) is 14.3. The second-order valence-corrected chi connectivity index (χ2v) is 10.7. The summed E-state index contributed by atoms with van der Waals surface area (Å²) in [6.07, 6.45) is 9.34. The van der Waals surface area contributed by atoms with Gasteiger partial charge >= 0.3 is 0 Å². The van der Waals surface area contributed by atoms with E-state index in [-0.39, 0.29) is 6.23 Å². The molecule has 36 heavy (non-hydrogen) atoms. The minimum absolute atomic E-state index is 0.0113. The molecular weight excluding hydrogens is 448 g/mol. The van der Waals surface area contributed by atoms with Gasteiger partial charge in [0.15, 0.2) is 17.7 Å². The van der Waals surface area contributed by atoms with Gasteiger partial charge in [-0.15, -0.1) is 0 Å². The summed E-state index contributed by atoms with van der Waals surface area (Å²) >= 11 is 0. The fourth-order valence-corrected chi connectivity index (χ4v) is 6.30. The van der Waals surface area contributed by atoms with Gasteiger partial charge in [0, 0.05) is 38.7 Å². The minimum Gasteiger partial charge on any atom is -0.484 e. The summed E-state index contributed by atoms with van der Waals surface area (Å²) < 4.78 is 18.9. The molecule has 3 unspecified atom stereocenters. The van der Waals surface area contributed by atoms with Gasteiger partial charge in [-0.05, 0) is 55.8 Å². The predicted octanol–water partition coefficient (Wildman–Crippen LogP) is 5.95. The Bertz CT molecular complexity index is 909. The molecule has 1 aliphatic carbocycles. The van der Waals surface area contributed by atoms with Crippen LogP contribution in [0.25, 0.3) is 0 Å². The van der Waals surface area contributed by atoms with Crippen LogP contribution in [0.3, 0.4) is 0 Å². The molecule has 0 N–H and O–H groups in total. The SMILES string of the molecule is CCCOC(C1CCCCC1)C(CCN1CCN(C2COc3ccccc3O2)CC1)c1ccccc1. The molecule has 0 amide bonds. The summed E-state index contributed by atoms with van der Waals surface area (Å²) in [4.78, 5) is 5.08. The maximum Gasteiger partial charge on any atom is 0.187 e. The fourth-order valence-electron chi connectivity index (χ4n) is 6.30. The summed E-state index contributed by atoms with van der Waals surface area (Å²) in [7, 11) is 0. The number of piperazine rings is 1. The van der Waals surface area contributed by atoms with Crippen LogP contribution in [0, 0.1) is 5.92 Å². The zero-order valence-electron chi connectivity index (χ0n) is 22.0. The van der Waals surface area contributed by atoms with Crippen LogP contribution in [-0.4, -0.2) is 68.1 Å². The van der Waals surface area contributed by atoms with Crippen LogP contribution >= 0.6 is 0 Å². The Morgan fingerprint density at radius 3 is 2.36 bits per heavy atom. The van der Waals surface area contributed by atoms with Gasteiger partial charge in [0.25, 0.3) is 0 Å². The van der Waals surface area contributed by atoms with E-state index >= 15 is 0 Å². The number of nitrogens with zero attached hydrogens (tertiary/aromatic N) is 2. The van der Waals surface area contributed by atoms with E-state index < -0.39 is 0 Å². The number of ether oxygens (including phenoxy) is 3. The molecule has 5 heteroatoms. The summed E-state index contributed by atoms with van der Waals surface area (Å²) in [6, 6.07) is 19.2. The molecule has 2 aromatic rings. The molecule has 2 aromatic carbocycles. The monoisotopic (exact) mass is 492 g/mol. The third-order valence-corrected chi connectivity index (χ3v) is 8.32. The summed E-state index contributed by atoms with van der Waals surface area (Å²) in [5.41, 5.74) is 1.45. The number of hydrogen-bond donors (Lipinski definition) is 0. The van der Waals surface area contributed by atoms with Crippen LogP contribution in [0.2, 0.25) is 0 Å². The Morgan fingerprint density at radius 2 is 1.61 bits per heavy atom. The van der Waals surface area contributed by atoms with E-state index in [0.717, 1.165) is 63.7 Å². The maximum atomic E-state index is 6.66. The van der Waals surface area contributed by atoms with Gasteiger partial charge in [-0.3, -0.25) is 4.90 Å². The minimum atomic E-state index is 0.0113. The molecule has 3 atom stereocenters. The van der Waals surface area contributed by atoms with Gasteiger partial charge in [0.1, 0.15) is 6.61 Å². The number of rotatable bonds is 10. The Hall–Kier alpha value is -2.08. The van der Waals surface area contributed by atoms with Crippen molar-refractivity contribution in [2.45, 2.75) is 70.1 Å². The second kappa shape index (κ2) is 12.9. The average molecular weight is 493 g/mol. The third-order valence-electron chi connectivity index (χ3n) is 8.32. The van der Waals surface area contributed by atoms with E-state index in [4.69, 9.17) is 14.2 Å². The first kappa shape index (κ1) is 25.6. The van der Waals surface area contributed by atoms with E-state index in [0.29, 0.717) is 24.5 Å². The van der Waals surface area contributed by atoms with Crippen LogP contribution in [0.1, 0.15) is 63.4 Å². The summed E-state index contributed by atoms with van der Waals surface area (Å²) in [6.45, 7) is 9.02. The average Bonchev–Trinajstić information content (AvgIpc) is 2.96. The van der Waals surface area contributed by atoms with Crippen LogP contribution in [0.4, 0.5) is 0 Å². The fraction of sp³-hybridized carbons (Fsp3) is 0.613. The van der Waals surface area contributed by atoms with Crippen molar-refractivity contribution in [1.29, 1.82) is 0 Å². The first-order chi connectivity index (χ1) is 17.8. The van der Waals surface area contributed by atoms with Crippen molar-refractivity contribution in [2.24, 2.45) is 5.92 Å². The molecule has 196 valence electrons. The normalized spacial score (nSPS) is 23.3. The molecule has 1 saturated carbocycles.